The van der Waals surface area contributed by atoms with Gasteiger partial charge in [-0.15, -0.1) is 5.10 Å². The van der Waals surface area contributed by atoms with Crippen LogP contribution in [0.1, 0.15) is 5.69 Å². The monoisotopic (exact) mass is 351 g/mol. The average Bonchev–Trinajstić information content (AvgIpc) is 3.13. The number of nitro groups is 1. The van der Waals surface area contributed by atoms with Crippen LogP contribution in [-0.2, 0) is 11.3 Å². The molecule has 0 saturated heterocycles. The molecular formula is C17H13N5O4. The molecule has 0 spiro atoms. The second-order valence-electron chi connectivity index (χ2n) is 5.67. The first-order chi connectivity index (χ1) is 12.6. The topological polar surface area (TPSA) is 103 Å². The van der Waals surface area contributed by atoms with E-state index in [0.29, 0.717) is 17.1 Å². The molecule has 1 aromatic heterocycles. The Morgan fingerprint density at radius 3 is 2.77 bits per heavy atom. The summed E-state index contributed by atoms with van der Waals surface area (Å²) in [5.41, 5.74) is 1.83. The Morgan fingerprint density at radius 1 is 1.19 bits per heavy atom. The number of para-hydroxylation sites is 1. The van der Waals surface area contributed by atoms with Crippen LogP contribution in [0.15, 0.2) is 54.7 Å². The van der Waals surface area contributed by atoms with Gasteiger partial charge in [-0.25, -0.2) is 4.68 Å². The number of non-ortho nitro benzene ring substituents is 1. The fourth-order valence-corrected chi connectivity index (χ4v) is 2.72. The van der Waals surface area contributed by atoms with E-state index in [9.17, 15) is 14.9 Å². The molecule has 0 aliphatic carbocycles. The van der Waals surface area contributed by atoms with Crippen molar-refractivity contribution >= 4 is 17.3 Å². The molecule has 0 fully saturated rings. The number of anilines is 1. The maximum absolute atomic E-state index is 12.3. The van der Waals surface area contributed by atoms with Gasteiger partial charge in [0.25, 0.3) is 11.6 Å². The maximum Gasteiger partial charge on any atom is 0.273 e. The second kappa shape index (κ2) is 6.28. The minimum atomic E-state index is -0.504. The van der Waals surface area contributed by atoms with E-state index >= 15 is 0 Å². The van der Waals surface area contributed by atoms with E-state index in [0.717, 1.165) is 5.69 Å². The van der Waals surface area contributed by atoms with Crippen molar-refractivity contribution in [1.29, 1.82) is 0 Å². The molecule has 4 rings (SSSR count). The van der Waals surface area contributed by atoms with Crippen LogP contribution >= 0.6 is 0 Å². The third-order valence-corrected chi connectivity index (χ3v) is 3.98. The number of carbonyl (C=O) groups excluding carboxylic acids is 1. The van der Waals surface area contributed by atoms with Crippen molar-refractivity contribution in [3.63, 3.8) is 0 Å². The van der Waals surface area contributed by atoms with Crippen molar-refractivity contribution < 1.29 is 14.5 Å². The number of nitrogens with zero attached hydrogens (tertiary/aromatic N) is 5. The molecule has 0 atom stereocenters. The summed E-state index contributed by atoms with van der Waals surface area (Å²) < 4.78 is 6.95. The van der Waals surface area contributed by atoms with Gasteiger partial charge in [0, 0.05) is 6.07 Å². The SMILES string of the molecule is O=C1COc2cc([N+](=O)[O-])ccc2N1Cc1cn(-c2ccccc2)nn1. The Morgan fingerprint density at radius 2 is 2.00 bits per heavy atom. The third kappa shape index (κ3) is 2.86. The fourth-order valence-electron chi connectivity index (χ4n) is 2.72. The number of amides is 1. The molecule has 1 amide bonds. The summed E-state index contributed by atoms with van der Waals surface area (Å²) in [6.45, 7) is 0.0147. The predicted octanol–water partition coefficient (Wildman–Crippen LogP) is 2.10. The van der Waals surface area contributed by atoms with Gasteiger partial charge in [-0.1, -0.05) is 23.4 Å². The number of hydrogen-bond donors (Lipinski definition) is 0. The molecule has 2 heterocycles. The van der Waals surface area contributed by atoms with Crippen LogP contribution in [0, 0.1) is 10.1 Å². The normalized spacial score (nSPS) is 13.2. The molecule has 2 aromatic carbocycles. The predicted molar refractivity (Wildman–Crippen MR) is 91.1 cm³/mol. The molecule has 130 valence electrons. The zero-order valence-corrected chi connectivity index (χ0v) is 13.5. The summed E-state index contributed by atoms with van der Waals surface area (Å²) in [5, 5.41) is 19.1. The summed E-state index contributed by atoms with van der Waals surface area (Å²) in [5.74, 6) is 0.0508. The van der Waals surface area contributed by atoms with Gasteiger partial charge in [0.15, 0.2) is 12.4 Å². The minimum Gasteiger partial charge on any atom is -0.481 e. The van der Waals surface area contributed by atoms with Gasteiger partial charge in [-0.05, 0) is 18.2 Å². The standard InChI is InChI=1S/C17H13N5O4/c23-17-11-26-16-8-14(22(24)25)6-7-15(16)20(17)9-12-10-21(19-18-12)13-4-2-1-3-5-13/h1-8,10H,9,11H2. The van der Waals surface area contributed by atoms with Crippen molar-refractivity contribution in [2.45, 2.75) is 6.54 Å². The molecule has 0 saturated carbocycles. The zero-order chi connectivity index (χ0) is 18.1. The minimum absolute atomic E-state index is 0.0897. The summed E-state index contributed by atoms with van der Waals surface area (Å²) in [6, 6.07) is 13.6. The van der Waals surface area contributed by atoms with Crippen LogP contribution in [0.4, 0.5) is 11.4 Å². The highest BCUT2D eigenvalue weighted by Crippen LogP contribution is 2.35. The molecule has 0 radical (unpaired) electrons. The quantitative estimate of drug-likeness (QED) is 0.527. The molecule has 0 N–H and O–H groups in total. The van der Waals surface area contributed by atoms with Crippen LogP contribution in [-0.4, -0.2) is 32.4 Å². The number of carbonyl (C=O) groups is 1. The van der Waals surface area contributed by atoms with E-state index in [4.69, 9.17) is 4.74 Å². The highest BCUT2D eigenvalue weighted by Gasteiger charge is 2.28. The zero-order valence-electron chi connectivity index (χ0n) is 13.5. The van der Waals surface area contributed by atoms with Gasteiger partial charge in [-0.3, -0.25) is 19.8 Å². The lowest BCUT2D eigenvalue weighted by Crippen LogP contribution is -2.38. The van der Waals surface area contributed by atoms with Crippen molar-refractivity contribution in [3.05, 3.63) is 70.5 Å². The number of rotatable bonds is 4. The number of benzene rings is 2. The van der Waals surface area contributed by atoms with E-state index in [-0.39, 0.29) is 24.7 Å². The molecule has 9 heteroatoms. The van der Waals surface area contributed by atoms with Gasteiger partial charge in [0.1, 0.15) is 5.69 Å². The second-order valence-corrected chi connectivity index (χ2v) is 5.67. The van der Waals surface area contributed by atoms with E-state index in [2.05, 4.69) is 10.3 Å². The molecule has 0 unspecified atom stereocenters. The van der Waals surface area contributed by atoms with E-state index < -0.39 is 4.92 Å². The number of ether oxygens (including phenoxy) is 1. The van der Waals surface area contributed by atoms with Crippen LogP contribution in [0.3, 0.4) is 0 Å². The molecule has 3 aromatic rings. The van der Waals surface area contributed by atoms with Gasteiger partial charge in [0.2, 0.25) is 0 Å². The van der Waals surface area contributed by atoms with Gasteiger partial charge in [-0.2, -0.15) is 0 Å². The van der Waals surface area contributed by atoms with Gasteiger partial charge < -0.3 is 4.74 Å². The van der Waals surface area contributed by atoms with Gasteiger partial charge >= 0.3 is 0 Å². The van der Waals surface area contributed by atoms with Crippen molar-refractivity contribution in [2.24, 2.45) is 0 Å². The van der Waals surface area contributed by atoms with Crippen molar-refractivity contribution in [1.82, 2.24) is 15.0 Å². The van der Waals surface area contributed by atoms with Crippen LogP contribution in [0.25, 0.3) is 5.69 Å². The van der Waals surface area contributed by atoms with Crippen molar-refractivity contribution in [2.75, 3.05) is 11.5 Å². The molecule has 0 bridgehead atoms. The molecule has 26 heavy (non-hydrogen) atoms. The number of hydrogen-bond acceptors (Lipinski definition) is 6. The number of aromatic nitrogens is 3. The van der Waals surface area contributed by atoms with E-state index in [1.54, 1.807) is 10.9 Å². The number of nitro benzene ring substituents is 1. The van der Waals surface area contributed by atoms with Gasteiger partial charge in [0.05, 0.1) is 35.1 Å². The van der Waals surface area contributed by atoms with Crippen LogP contribution in [0.2, 0.25) is 0 Å². The Bertz CT molecular complexity index is 986. The lowest BCUT2D eigenvalue weighted by atomic mass is 10.2. The summed E-state index contributed by atoms with van der Waals surface area (Å²) >= 11 is 0. The Kier molecular flexibility index (Phi) is 3.81. The van der Waals surface area contributed by atoms with Crippen molar-refractivity contribution in [3.8, 4) is 11.4 Å². The molecule has 9 nitrogen and oxygen atoms in total. The first-order valence-corrected chi connectivity index (χ1v) is 7.80. The Hall–Kier alpha value is -3.75. The molecule has 1 aliphatic rings. The smallest absolute Gasteiger partial charge is 0.273 e. The fraction of sp³-hybridized carbons (Fsp3) is 0.118. The first-order valence-electron chi connectivity index (χ1n) is 7.80. The van der Waals surface area contributed by atoms with E-state index in [1.165, 1.54) is 23.1 Å². The largest absolute Gasteiger partial charge is 0.481 e. The molecule has 1 aliphatic heterocycles. The third-order valence-electron chi connectivity index (χ3n) is 3.98. The first kappa shape index (κ1) is 15.8. The highest BCUT2D eigenvalue weighted by atomic mass is 16.6. The summed E-state index contributed by atoms with van der Waals surface area (Å²) in [4.78, 5) is 24.2. The molecular weight excluding hydrogens is 338 g/mol. The average molecular weight is 351 g/mol. The lowest BCUT2D eigenvalue weighted by molar-refractivity contribution is -0.384. The summed E-state index contributed by atoms with van der Waals surface area (Å²) in [7, 11) is 0. The Labute approximate surface area is 147 Å². The lowest BCUT2D eigenvalue weighted by Gasteiger charge is -2.28. The van der Waals surface area contributed by atoms with Crippen LogP contribution in [0.5, 0.6) is 5.75 Å². The Balaban J connectivity index is 1.62. The highest BCUT2D eigenvalue weighted by molar-refractivity contribution is 5.97. The van der Waals surface area contributed by atoms with Crippen LogP contribution < -0.4 is 9.64 Å². The number of fused-ring (bicyclic) bond motifs is 1. The van der Waals surface area contributed by atoms with E-state index in [1.807, 2.05) is 30.3 Å². The summed E-state index contributed by atoms with van der Waals surface area (Å²) in [6.07, 6.45) is 1.74. The maximum atomic E-state index is 12.3.